The number of methoxy groups -OCH3 is 1. The topological polar surface area (TPSA) is 153 Å². The van der Waals surface area contributed by atoms with Crippen LogP contribution in [-0.4, -0.2) is 105 Å². The van der Waals surface area contributed by atoms with E-state index in [9.17, 15) is 9.18 Å². The number of nitrogen functional groups attached to an aromatic ring is 1. The molecule has 5 aromatic rings. The number of benzene rings is 1. The number of rotatable bonds is 8. The Morgan fingerprint density at radius 1 is 1.19 bits per heavy atom. The molecule has 2 unspecified atom stereocenters. The van der Waals surface area contributed by atoms with E-state index in [-0.39, 0.29) is 52.4 Å². The number of likely N-dealkylation sites (tertiary alicyclic amines) is 1. The third kappa shape index (κ3) is 7.58. The van der Waals surface area contributed by atoms with Gasteiger partial charge in [0.05, 0.1) is 17.5 Å². The van der Waals surface area contributed by atoms with Crippen LogP contribution in [-0.2, 0) is 4.79 Å². The molecule has 7 heterocycles. The summed E-state index contributed by atoms with van der Waals surface area (Å²) >= 11 is 6.48. The molecule has 2 N–H and O–H groups in total. The molecule has 4 aromatic heterocycles. The van der Waals surface area contributed by atoms with E-state index >= 15 is 4.39 Å². The van der Waals surface area contributed by atoms with Gasteiger partial charge < -0.3 is 24.8 Å². The standard InChI is InChI=1S/C30H29ClFN9O3.C7H12FN/c1-15(2)28-36-21(44-39-28)8-9-22(42)41-13-16(14-41)12-40(3)29-18-11-34-27(24(32)25(18)37-30(38-29)43-4)26-23-17(10-20(33)35-26)6-5-7-19(23)31;8-6-4-7-2-1-3-9(7)5-6/h5-11,15-16H,12-14H2,1-4H3,(H2,33,35);6-7H,1-5H2/b9-8+;. The molecule has 13 nitrogen and oxygen atoms in total. The van der Waals surface area contributed by atoms with Crippen molar-refractivity contribution < 1.29 is 22.8 Å². The molecule has 3 aliphatic rings. The molecule has 8 rings (SSSR count). The van der Waals surface area contributed by atoms with Crippen molar-refractivity contribution >= 4 is 56.9 Å². The maximum Gasteiger partial charge on any atom is 0.318 e. The lowest BCUT2D eigenvalue weighted by Crippen LogP contribution is -2.53. The molecule has 16 heteroatoms. The van der Waals surface area contributed by atoms with E-state index in [1.165, 1.54) is 38.3 Å². The van der Waals surface area contributed by atoms with Gasteiger partial charge in [0.2, 0.25) is 5.91 Å². The van der Waals surface area contributed by atoms with Gasteiger partial charge in [-0.15, -0.1) is 0 Å². The molecule has 0 aliphatic carbocycles. The number of nitrogens with two attached hydrogens (primary N) is 1. The summed E-state index contributed by atoms with van der Waals surface area (Å²) in [5.41, 5.74) is 6.23. The molecule has 1 aromatic carbocycles. The Morgan fingerprint density at radius 2 is 2.00 bits per heavy atom. The quantitative estimate of drug-likeness (QED) is 0.187. The molecular formula is C37H41ClF2N10O3. The number of hydrogen-bond acceptors (Lipinski definition) is 12. The lowest BCUT2D eigenvalue weighted by atomic mass is 9.99. The minimum absolute atomic E-state index is 0.00368. The van der Waals surface area contributed by atoms with Crippen molar-refractivity contribution in [3.63, 3.8) is 0 Å². The average Bonchev–Trinajstić information content (AvgIpc) is 3.86. The minimum atomic E-state index is -0.703. The molecule has 0 bridgehead atoms. The molecule has 0 radical (unpaired) electrons. The third-order valence-corrected chi connectivity index (χ3v) is 10.2. The van der Waals surface area contributed by atoms with E-state index in [1.54, 1.807) is 23.1 Å². The molecule has 53 heavy (non-hydrogen) atoms. The zero-order valence-corrected chi connectivity index (χ0v) is 30.7. The highest BCUT2D eigenvalue weighted by atomic mass is 35.5. The number of anilines is 2. The van der Waals surface area contributed by atoms with Gasteiger partial charge in [0.25, 0.3) is 5.89 Å². The van der Waals surface area contributed by atoms with Crippen molar-refractivity contribution in [1.82, 2.24) is 39.9 Å². The number of halogens is 3. The number of fused-ring (bicyclic) bond motifs is 3. The van der Waals surface area contributed by atoms with E-state index in [0.29, 0.717) is 65.0 Å². The largest absolute Gasteiger partial charge is 0.467 e. The second kappa shape index (κ2) is 15.1. The fourth-order valence-corrected chi connectivity index (χ4v) is 7.46. The van der Waals surface area contributed by atoms with Gasteiger partial charge in [0.1, 0.15) is 34.7 Å². The average molecular weight is 747 g/mol. The Bertz CT molecular complexity index is 2160. The summed E-state index contributed by atoms with van der Waals surface area (Å²) in [5, 5.41) is 5.92. The van der Waals surface area contributed by atoms with E-state index in [2.05, 4.69) is 35.0 Å². The summed E-state index contributed by atoms with van der Waals surface area (Å²) < 4.78 is 39.3. The minimum Gasteiger partial charge on any atom is -0.467 e. The van der Waals surface area contributed by atoms with Gasteiger partial charge >= 0.3 is 6.01 Å². The van der Waals surface area contributed by atoms with Gasteiger partial charge in [0, 0.05) is 74.8 Å². The van der Waals surface area contributed by atoms with Crippen molar-refractivity contribution in [2.24, 2.45) is 5.92 Å². The molecule has 1 amide bonds. The highest BCUT2D eigenvalue weighted by Crippen LogP contribution is 2.37. The first-order chi connectivity index (χ1) is 25.5. The van der Waals surface area contributed by atoms with Crippen LogP contribution in [0.3, 0.4) is 0 Å². The molecule has 3 aliphatic heterocycles. The number of aromatic nitrogens is 6. The Kier molecular flexibility index (Phi) is 10.4. The number of pyridine rings is 2. The second-order valence-electron chi connectivity index (χ2n) is 14.0. The monoisotopic (exact) mass is 746 g/mol. The Hall–Kier alpha value is -5.02. The zero-order chi connectivity index (χ0) is 37.4. The van der Waals surface area contributed by atoms with Crippen LogP contribution in [0.25, 0.3) is 39.1 Å². The molecule has 0 saturated carbocycles. The van der Waals surface area contributed by atoms with E-state index < -0.39 is 12.0 Å². The number of carbonyl (C=O) groups excluding carboxylic acids is 1. The second-order valence-corrected chi connectivity index (χ2v) is 14.5. The van der Waals surface area contributed by atoms with Crippen molar-refractivity contribution in [2.75, 3.05) is 57.5 Å². The lowest BCUT2D eigenvalue weighted by Gasteiger charge is -2.40. The molecule has 0 spiro atoms. The maximum absolute atomic E-state index is 16.2. The number of ether oxygens (including phenoxy) is 1. The predicted molar refractivity (Wildman–Crippen MR) is 199 cm³/mol. The van der Waals surface area contributed by atoms with Gasteiger partial charge in [-0.2, -0.15) is 15.0 Å². The fourth-order valence-electron chi connectivity index (χ4n) is 7.19. The molecule has 278 valence electrons. The van der Waals surface area contributed by atoms with Crippen molar-refractivity contribution in [1.29, 1.82) is 0 Å². The van der Waals surface area contributed by atoms with Crippen molar-refractivity contribution in [2.45, 2.75) is 51.2 Å². The first-order valence-electron chi connectivity index (χ1n) is 17.6. The summed E-state index contributed by atoms with van der Waals surface area (Å²) in [4.78, 5) is 40.4. The van der Waals surface area contributed by atoms with Crippen molar-refractivity contribution in [3.8, 4) is 17.4 Å². The Labute approximate surface area is 310 Å². The smallest absolute Gasteiger partial charge is 0.318 e. The first kappa shape index (κ1) is 36.3. The number of nitrogens with zero attached hydrogens (tertiary/aromatic N) is 9. The van der Waals surface area contributed by atoms with Crippen LogP contribution in [0.15, 0.2) is 41.1 Å². The third-order valence-electron chi connectivity index (χ3n) is 9.84. The van der Waals surface area contributed by atoms with Crippen LogP contribution in [0.4, 0.5) is 20.4 Å². The highest BCUT2D eigenvalue weighted by molar-refractivity contribution is 6.36. The summed E-state index contributed by atoms with van der Waals surface area (Å²) in [6.07, 6.45) is 7.27. The molecule has 3 saturated heterocycles. The summed E-state index contributed by atoms with van der Waals surface area (Å²) in [7, 11) is 3.25. The highest BCUT2D eigenvalue weighted by Gasteiger charge is 2.35. The van der Waals surface area contributed by atoms with E-state index in [0.717, 1.165) is 13.0 Å². The SMILES string of the molecule is COc1nc(N(C)CC2CN(C(=O)/C=C/c3nc(C(C)C)no3)C2)c2cnc(-c3nc(N)cc4cccc(Cl)c34)c(F)c2n1.FC1CC2CCCN2C1. The van der Waals surface area contributed by atoms with Crippen LogP contribution in [0, 0.1) is 11.7 Å². The maximum atomic E-state index is 16.2. The predicted octanol–water partition coefficient (Wildman–Crippen LogP) is 5.93. The van der Waals surface area contributed by atoms with Crippen LogP contribution < -0.4 is 15.4 Å². The van der Waals surface area contributed by atoms with Gasteiger partial charge in [-0.3, -0.25) is 14.7 Å². The van der Waals surface area contributed by atoms with Gasteiger partial charge in [0.15, 0.2) is 11.6 Å². The van der Waals surface area contributed by atoms with Crippen LogP contribution in [0.1, 0.15) is 50.7 Å². The fraction of sp³-hybridized carbons (Fsp3) is 0.432. The number of hydrogen-bond donors (Lipinski definition) is 1. The van der Waals surface area contributed by atoms with E-state index in [4.69, 9.17) is 26.6 Å². The number of alkyl halides is 1. The summed E-state index contributed by atoms with van der Waals surface area (Å²) in [6, 6.07) is 7.58. The molecule has 3 fully saturated rings. The molecule has 2 atom stereocenters. The van der Waals surface area contributed by atoms with Gasteiger partial charge in [-0.25, -0.2) is 13.8 Å². The number of carbonyl (C=O) groups is 1. The Morgan fingerprint density at radius 3 is 2.74 bits per heavy atom. The van der Waals surface area contributed by atoms with E-state index in [1.807, 2.05) is 31.9 Å². The summed E-state index contributed by atoms with van der Waals surface area (Å²) in [6.45, 7) is 7.41. The molecular weight excluding hydrogens is 706 g/mol. The van der Waals surface area contributed by atoms with Crippen LogP contribution in [0.2, 0.25) is 5.02 Å². The van der Waals surface area contributed by atoms with Gasteiger partial charge in [-0.05, 0) is 43.3 Å². The van der Waals surface area contributed by atoms with Crippen molar-refractivity contribution in [3.05, 3.63) is 59.1 Å². The first-order valence-corrected chi connectivity index (χ1v) is 18.0. The zero-order valence-electron chi connectivity index (χ0n) is 30.0. The van der Waals surface area contributed by atoms with Crippen LogP contribution in [0.5, 0.6) is 6.01 Å². The summed E-state index contributed by atoms with van der Waals surface area (Å²) in [5.74, 6) is 0.955. The van der Waals surface area contributed by atoms with Crippen LogP contribution >= 0.6 is 11.6 Å². The normalized spacial score (nSPS) is 18.8. The lowest BCUT2D eigenvalue weighted by molar-refractivity contribution is -0.131. The van der Waals surface area contributed by atoms with Gasteiger partial charge in [-0.1, -0.05) is 42.7 Å². The number of amides is 1. The Balaban J connectivity index is 0.000000418.